The third kappa shape index (κ3) is 2.18. The number of imide groups is 1. The number of rotatable bonds is 2. The first kappa shape index (κ1) is 12.8. The van der Waals surface area contributed by atoms with Gasteiger partial charge in [-0.25, -0.2) is 4.98 Å². The second kappa shape index (κ2) is 4.71. The average molecular weight is 291 g/mol. The number of nitrogens with zero attached hydrogens (tertiary/aromatic N) is 3. The molecule has 2 aromatic heterocycles. The van der Waals surface area contributed by atoms with Gasteiger partial charge in [-0.05, 0) is 13.0 Å². The maximum atomic E-state index is 11.5. The molecule has 20 heavy (non-hydrogen) atoms. The van der Waals surface area contributed by atoms with Crippen LogP contribution in [0.1, 0.15) is 4.88 Å². The van der Waals surface area contributed by atoms with Gasteiger partial charge in [0.05, 0.1) is 18.5 Å². The second-order valence-corrected chi connectivity index (χ2v) is 5.76. The van der Waals surface area contributed by atoms with Crippen molar-refractivity contribution >= 4 is 45.1 Å². The predicted octanol–water partition coefficient (Wildman–Crippen LogP) is 0.504. The Morgan fingerprint density at radius 3 is 2.65 bits per heavy atom. The first-order valence-corrected chi connectivity index (χ1v) is 6.92. The monoisotopic (exact) mass is 291 g/mol. The molecule has 0 saturated carbocycles. The molecule has 0 radical (unpaired) electrons. The van der Waals surface area contributed by atoms with E-state index in [2.05, 4.69) is 20.6 Å². The van der Waals surface area contributed by atoms with Crippen LogP contribution in [0.25, 0.3) is 10.2 Å². The van der Waals surface area contributed by atoms with Crippen molar-refractivity contribution in [2.24, 2.45) is 0 Å². The van der Waals surface area contributed by atoms with E-state index >= 15 is 0 Å². The largest absolute Gasteiger partial charge is 0.357 e. The number of aromatic nitrogens is 2. The Balaban J connectivity index is 2.13. The molecule has 1 aliphatic rings. The molecule has 0 atom stereocenters. The van der Waals surface area contributed by atoms with Crippen LogP contribution in [-0.2, 0) is 9.59 Å². The highest BCUT2D eigenvalue weighted by Gasteiger charge is 2.26. The van der Waals surface area contributed by atoms with Crippen molar-refractivity contribution in [3.63, 3.8) is 0 Å². The molecule has 0 aromatic carbocycles. The molecule has 2 aromatic rings. The molecule has 3 heterocycles. The van der Waals surface area contributed by atoms with Gasteiger partial charge in [0.25, 0.3) is 0 Å². The van der Waals surface area contributed by atoms with Gasteiger partial charge < -0.3 is 10.2 Å². The lowest BCUT2D eigenvalue weighted by atomic mass is 10.3. The van der Waals surface area contributed by atoms with Gasteiger partial charge in [0, 0.05) is 11.9 Å². The Morgan fingerprint density at radius 1 is 1.30 bits per heavy atom. The molecule has 7 nitrogen and oxygen atoms in total. The zero-order valence-electron chi connectivity index (χ0n) is 11.1. The highest BCUT2D eigenvalue weighted by atomic mass is 32.1. The van der Waals surface area contributed by atoms with Crippen LogP contribution in [0.15, 0.2) is 6.07 Å². The zero-order chi connectivity index (χ0) is 14.3. The normalized spacial score (nSPS) is 15.6. The number of aryl methyl sites for hydroxylation is 1. The summed E-state index contributed by atoms with van der Waals surface area (Å²) in [5.41, 5.74) is 0. The van der Waals surface area contributed by atoms with Crippen LogP contribution in [0, 0.1) is 6.92 Å². The molecule has 2 amide bonds. The van der Waals surface area contributed by atoms with Crippen LogP contribution in [0.4, 0.5) is 11.8 Å². The van der Waals surface area contributed by atoms with Crippen LogP contribution in [0.3, 0.4) is 0 Å². The fourth-order valence-corrected chi connectivity index (χ4v) is 3.04. The van der Waals surface area contributed by atoms with E-state index in [1.54, 1.807) is 23.3 Å². The van der Waals surface area contributed by atoms with E-state index in [0.29, 0.717) is 11.8 Å². The Labute approximate surface area is 119 Å². The van der Waals surface area contributed by atoms with Gasteiger partial charge in [-0.1, -0.05) is 0 Å². The first-order chi connectivity index (χ1) is 9.56. The predicted molar refractivity (Wildman–Crippen MR) is 77.1 cm³/mol. The maximum absolute atomic E-state index is 11.5. The van der Waals surface area contributed by atoms with Gasteiger partial charge in [-0.15, -0.1) is 11.3 Å². The zero-order valence-corrected chi connectivity index (χ0v) is 11.9. The van der Waals surface area contributed by atoms with Crippen molar-refractivity contribution in [1.29, 1.82) is 0 Å². The minimum absolute atomic E-state index is 0.121. The van der Waals surface area contributed by atoms with Crippen molar-refractivity contribution in [3.8, 4) is 0 Å². The summed E-state index contributed by atoms with van der Waals surface area (Å²) in [7, 11) is 1.74. The van der Waals surface area contributed by atoms with E-state index in [0.717, 1.165) is 15.1 Å². The molecule has 3 rings (SSSR count). The molecule has 0 unspecified atom stereocenters. The van der Waals surface area contributed by atoms with Crippen molar-refractivity contribution in [3.05, 3.63) is 10.9 Å². The van der Waals surface area contributed by atoms with E-state index in [-0.39, 0.29) is 24.9 Å². The lowest BCUT2D eigenvalue weighted by Gasteiger charge is -2.27. The van der Waals surface area contributed by atoms with E-state index in [4.69, 9.17) is 0 Å². The molecule has 2 N–H and O–H groups in total. The number of carbonyl (C=O) groups excluding carboxylic acids is 2. The molecule has 1 saturated heterocycles. The summed E-state index contributed by atoms with van der Waals surface area (Å²) >= 11 is 1.56. The fourth-order valence-electron chi connectivity index (χ4n) is 2.17. The summed E-state index contributed by atoms with van der Waals surface area (Å²) in [5.74, 6) is 0.469. The fraction of sp³-hybridized carbons (Fsp3) is 0.333. The molecule has 1 aliphatic heterocycles. The van der Waals surface area contributed by atoms with Crippen LogP contribution in [0.2, 0.25) is 0 Å². The number of carbonyl (C=O) groups is 2. The number of anilines is 2. The molecule has 0 bridgehead atoms. The number of hydrogen-bond acceptors (Lipinski definition) is 7. The second-order valence-electron chi connectivity index (χ2n) is 4.52. The Hall–Kier alpha value is -2.22. The number of nitrogens with one attached hydrogen (secondary N) is 2. The summed E-state index contributed by atoms with van der Waals surface area (Å²) in [6.07, 6.45) is 0. The summed E-state index contributed by atoms with van der Waals surface area (Å²) in [5, 5.41) is 6.06. The highest BCUT2D eigenvalue weighted by Crippen LogP contribution is 2.31. The average Bonchev–Trinajstić information content (AvgIpc) is 2.76. The summed E-state index contributed by atoms with van der Waals surface area (Å²) in [6, 6.07) is 1.98. The number of piperazine rings is 1. The smallest absolute Gasteiger partial charge is 0.246 e. The lowest BCUT2D eigenvalue weighted by Crippen LogP contribution is -2.51. The third-order valence-corrected chi connectivity index (χ3v) is 3.91. The van der Waals surface area contributed by atoms with Gasteiger partial charge in [0.2, 0.25) is 17.8 Å². The summed E-state index contributed by atoms with van der Waals surface area (Å²) < 4.78 is 0. The Kier molecular flexibility index (Phi) is 3.01. The number of hydrogen-bond donors (Lipinski definition) is 2. The summed E-state index contributed by atoms with van der Waals surface area (Å²) in [4.78, 5) is 35.5. The number of amides is 2. The summed E-state index contributed by atoms with van der Waals surface area (Å²) in [6.45, 7) is 2.23. The van der Waals surface area contributed by atoms with E-state index in [1.807, 2.05) is 13.0 Å². The topological polar surface area (TPSA) is 87.2 Å². The van der Waals surface area contributed by atoms with E-state index in [9.17, 15) is 9.59 Å². The SMILES string of the molecule is CNc1nc(N2CC(=O)NC(=O)C2)c2cc(C)sc2n1. The van der Waals surface area contributed by atoms with Crippen LogP contribution >= 0.6 is 11.3 Å². The molecular weight excluding hydrogens is 278 g/mol. The van der Waals surface area contributed by atoms with Crippen molar-refractivity contribution in [2.75, 3.05) is 30.4 Å². The van der Waals surface area contributed by atoms with E-state index in [1.165, 1.54) is 0 Å². The minimum Gasteiger partial charge on any atom is -0.357 e. The minimum atomic E-state index is -0.314. The molecule has 0 aliphatic carbocycles. The van der Waals surface area contributed by atoms with E-state index < -0.39 is 0 Å². The van der Waals surface area contributed by atoms with Crippen molar-refractivity contribution in [2.45, 2.75) is 6.92 Å². The maximum Gasteiger partial charge on any atom is 0.246 e. The number of fused-ring (bicyclic) bond motifs is 1. The Morgan fingerprint density at radius 2 is 2.00 bits per heavy atom. The van der Waals surface area contributed by atoms with Crippen molar-refractivity contribution < 1.29 is 9.59 Å². The molecule has 104 valence electrons. The first-order valence-electron chi connectivity index (χ1n) is 6.10. The van der Waals surface area contributed by atoms with Crippen LogP contribution < -0.4 is 15.5 Å². The van der Waals surface area contributed by atoms with Gasteiger partial charge in [-0.3, -0.25) is 14.9 Å². The van der Waals surface area contributed by atoms with Gasteiger partial charge >= 0.3 is 0 Å². The highest BCUT2D eigenvalue weighted by molar-refractivity contribution is 7.18. The Bertz CT molecular complexity index is 695. The quantitative estimate of drug-likeness (QED) is 0.784. The van der Waals surface area contributed by atoms with Gasteiger partial charge in [0.15, 0.2) is 0 Å². The van der Waals surface area contributed by atoms with Crippen LogP contribution in [0.5, 0.6) is 0 Å². The molecule has 1 fully saturated rings. The van der Waals surface area contributed by atoms with Gasteiger partial charge in [0.1, 0.15) is 10.6 Å². The van der Waals surface area contributed by atoms with Crippen LogP contribution in [-0.4, -0.2) is 41.9 Å². The number of thiophene rings is 1. The lowest BCUT2D eigenvalue weighted by molar-refractivity contribution is -0.130. The van der Waals surface area contributed by atoms with Gasteiger partial charge in [-0.2, -0.15) is 4.98 Å². The molecule has 0 spiro atoms. The standard InChI is InChI=1S/C12H13N5O2S/c1-6-3-7-10(15-12(13-2)16-11(7)20-6)17-4-8(18)14-9(19)5-17/h3H,4-5H2,1-2H3,(H,13,15,16)(H,14,18,19). The molecule has 8 heteroatoms. The third-order valence-electron chi connectivity index (χ3n) is 2.97. The van der Waals surface area contributed by atoms with Crippen molar-refractivity contribution in [1.82, 2.24) is 15.3 Å². The molecular formula is C12H13N5O2S.